The van der Waals surface area contributed by atoms with Crippen LogP contribution in [0, 0.1) is 5.92 Å². The minimum absolute atomic E-state index is 0.0639. The number of ether oxygens (including phenoxy) is 1. The SMILES string of the molecule is NCCC(=O)NCC1CCOCC1. The smallest absolute Gasteiger partial charge is 0.221 e. The standard InChI is InChI=1S/C9H18N2O2/c10-4-1-9(12)11-7-8-2-5-13-6-3-8/h8H,1-7,10H2,(H,11,12). The highest BCUT2D eigenvalue weighted by Gasteiger charge is 2.13. The van der Waals surface area contributed by atoms with E-state index in [0.717, 1.165) is 32.6 Å². The molecule has 0 spiro atoms. The van der Waals surface area contributed by atoms with E-state index in [1.54, 1.807) is 0 Å². The van der Waals surface area contributed by atoms with Gasteiger partial charge in [-0.15, -0.1) is 0 Å². The Kier molecular flexibility index (Phi) is 4.78. The molecule has 1 rings (SSSR count). The molecule has 0 saturated carbocycles. The molecule has 1 amide bonds. The van der Waals surface area contributed by atoms with Gasteiger partial charge in [0, 0.05) is 32.7 Å². The fraction of sp³-hybridized carbons (Fsp3) is 0.889. The van der Waals surface area contributed by atoms with Crippen LogP contribution in [0.25, 0.3) is 0 Å². The van der Waals surface area contributed by atoms with E-state index in [4.69, 9.17) is 10.5 Å². The van der Waals surface area contributed by atoms with Crippen molar-refractivity contribution in [1.82, 2.24) is 5.32 Å². The minimum atomic E-state index is 0.0639. The summed E-state index contributed by atoms with van der Waals surface area (Å²) in [5, 5.41) is 2.88. The van der Waals surface area contributed by atoms with Gasteiger partial charge in [-0.1, -0.05) is 0 Å². The molecule has 1 saturated heterocycles. The maximum Gasteiger partial charge on any atom is 0.221 e. The lowest BCUT2D eigenvalue weighted by Crippen LogP contribution is -2.33. The van der Waals surface area contributed by atoms with Gasteiger partial charge in [0.15, 0.2) is 0 Å². The number of hydrogen-bond donors (Lipinski definition) is 2. The molecule has 4 heteroatoms. The normalized spacial score (nSPS) is 18.5. The van der Waals surface area contributed by atoms with Crippen molar-refractivity contribution in [3.05, 3.63) is 0 Å². The fourth-order valence-corrected chi connectivity index (χ4v) is 1.43. The van der Waals surface area contributed by atoms with E-state index in [2.05, 4.69) is 5.32 Å². The molecule has 3 N–H and O–H groups in total. The Labute approximate surface area is 78.8 Å². The van der Waals surface area contributed by atoms with Crippen molar-refractivity contribution in [2.24, 2.45) is 11.7 Å². The molecule has 1 fully saturated rings. The summed E-state index contributed by atoms with van der Waals surface area (Å²) in [6.45, 7) is 2.87. The molecule has 1 aliphatic heterocycles. The summed E-state index contributed by atoms with van der Waals surface area (Å²) < 4.78 is 5.22. The summed E-state index contributed by atoms with van der Waals surface area (Å²) >= 11 is 0. The zero-order valence-corrected chi connectivity index (χ0v) is 7.92. The summed E-state index contributed by atoms with van der Waals surface area (Å²) in [6, 6.07) is 0. The first-order valence-corrected chi connectivity index (χ1v) is 4.87. The van der Waals surface area contributed by atoms with Crippen molar-refractivity contribution < 1.29 is 9.53 Å². The van der Waals surface area contributed by atoms with Crippen molar-refractivity contribution in [1.29, 1.82) is 0 Å². The lowest BCUT2D eigenvalue weighted by Gasteiger charge is -2.22. The number of rotatable bonds is 4. The van der Waals surface area contributed by atoms with Crippen LogP contribution in [0.1, 0.15) is 19.3 Å². The van der Waals surface area contributed by atoms with E-state index >= 15 is 0 Å². The van der Waals surface area contributed by atoms with E-state index in [9.17, 15) is 4.79 Å². The Hall–Kier alpha value is -0.610. The van der Waals surface area contributed by atoms with Gasteiger partial charge in [0.05, 0.1) is 0 Å². The van der Waals surface area contributed by atoms with Crippen molar-refractivity contribution in [3.63, 3.8) is 0 Å². The molecule has 0 bridgehead atoms. The molecule has 4 nitrogen and oxygen atoms in total. The van der Waals surface area contributed by atoms with Gasteiger partial charge in [-0.3, -0.25) is 4.79 Å². The zero-order valence-electron chi connectivity index (χ0n) is 7.92. The number of nitrogens with two attached hydrogens (primary N) is 1. The van der Waals surface area contributed by atoms with Gasteiger partial charge in [0.2, 0.25) is 5.91 Å². The van der Waals surface area contributed by atoms with Gasteiger partial charge in [-0.05, 0) is 18.8 Å². The van der Waals surface area contributed by atoms with Gasteiger partial charge in [0.1, 0.15) is 0 Å². The van der Waals surface area contributed by atoms with Crippen LogP contribution in [-0.4, -0.2) is 32.2 Å². The third-order valence-electron chi connectivity index (χ3n) is 2.30. The molecule has 1 heterocycles. The van der Waals surface area contributed by atoms with E-state index in [1.165, 1.54) is 0 Å². The van der Waals surface area contributed by atoms with Crippen LogP contribution in [0.5, 0.6) is 0 Å². The number of hydrogen-bond acceptors (Lipinski definition) is 3. The van der Waals surface area contributed by atoms with Crippen molar-refractivity contribution in [2.75, 3.05) is 26.3 Å². The van der Waals surface area contributed by atoms with Crippen molar-refractivity contribution >= 4 is 5.91 Å². The van der Waals surface area contributed by atoms with E-state index in [-0.39, 0.29) is 5.91 Å². The molecule has 0 radical (unpaired) electrons. The molecule has 0 aromatic heterocycles. The maximum absolute atomic E-state index is 11.1. The van der Waals surface area contributed by atoms with E-state index in [1.807, 2.05) is 0 Å². The second-order valence-corrected chi connectivity index (χ2v) is 3.40. The summed E-state index contributed by atoms with van der Waals surface area (Å²) in [4.78, 5) is 11.1. The highest BCUT2D eigenvalue weighted by Crippen LogP contribution is 2.12. The zero-order chi connectivity index (χ0) is 9.52. The molecule has 76 valence electrons. The second-order valence-electron chi connectivity index (χ2n) is 3.40. The first kappa shape index (κ1) is 10.5. The maximum atomic E-state index is 11.1. The van der Waals surface area contributed by atoms with Crippen LogP contribution < -0.4 is 11.1 Å². The lowest BCUT2D eigenvalue weighted by atomic mass is 10.0. The van der Waals surface area contributed by atoms with Crippen LogP contribution >= 0.6 is 0 Å². The number of carbonyl (C=O) groups is 1. The fourth-order valence-electron chi connectivity index (χ4n) is 1.43. The predicted molar refractivity (Wildman–Crippen MR) is 50.2 cm³/mol. The van der Waals surface area contributed by atoms with Crippen LogP contribution in [-0.2, 0) is 9.53 Å². The summed E-state index contributed by atoms with van der Waals surface area (Å²) in [6.07, 6.45) is 2.55. The van der Waals surface area contributed by atoms with E-state index < -0.39 is 0 Å². The molecule has 0 unspecified atom stereocenters. The highest BCUT2D eigenvalue weighted by molar-refractivity contribution is 5.75. The Morgan fingerprint density at radius 1 is 1.46 bits per heavy atom. The highest BCUT2D eigenvalue weighted by atomic mass is 16.5. The first-order chi connectivity index (χ1) is 6.33. The third-order valence-corrected chi connectivity index (χ3v) is 2.30. The van der Waals surface area contributed by atoms with Crippen molar-refractivity contribution in [2.45, 2.75) is 19.3 Å². The molecule has 0 aromatic rings. The molecule has 1 aliphatic rings. The monoisotopic (exact) mass is 186 g/mol. The van der Waals surface area contributed by atoms with Crippen LogP contribution in [0.15, 0.2) is 0 Å². The molecular formula is C9H18N2O2. The van der Waals surface area contributed by atoms with Gasteiger partial charge < -0.3 is 15.8 Å². The van der Waals surface area contributed by atoms with E-state index in [0.29, 0.717) is 18.9 Å². The number of amides is 1. The quantitative estimate of drug-likeness (QED) is 0.643. The summed E-state index contributed by atoms with van der Waals surface area (Å²) in [5.41, 5.74) is 5.26. The molecular weight excluding hydrogens is 168 g/mol. The topological polar surface area (TPSA) is 64.4 Å². The predicted octanol–water partition coefficient (Wildman–Crippen LogP) is -0.122. The first-order valence-electron chi connectivity index (χ1n) is 4.87. The Morgan fingerprint density at radius 2 is 2.15 bits per heavy atom. The second kappa shape index (κ2) is 5.94. The lowest BCUT2D eigenvalue weighted by molar-refractivity contribution is -0.121. The molecule has 0 aromatic carbocycles. The number of carbonyl (C=O) groups excluding carboxylic acids is 1. The van der Waals surface area contributed by atoms with Gasteiger partial charge in [-0.2, -0.15) is 0 Å². The number of nitrogens with one attached hydrogen (secondary N) is 1. The van der Waals surface area contributed by atoms with Crippen LogP contribution in [0.2, 0.25) is 0 Å². The summed E-state index contributed by atoms with van der Waals surface area (Å²) in [5.74, 6) is 0.657. The van der Waals surface area contributed by atoms with Crippen LogP contribution in [0.3, 0.4) is 0 Å². The Balaban J connectivity index is 2.06. The minimum Gasteiger partial charge on any atom is -0.381 e. The summed E-state index contributed by atoms with van der Waals surface area (Å²) in [7, 11) is 0. The van der Waals surface area contributed by atoms with Gasteiger partial charge in [0.25, 0.3) is 0 Å². The Morgan fingerprint density at radius 3 is 2.77 bits per heavy atom. The third kappa shape index (κ3) is 4.24. The van der Waals surface area contributed by atoms with Gasteiger partial charge >= 0.3 is 0 Å². The largest absolute Gasteiger partial charge is 0.381 e. The molecule has 0 aliphatic carbocycles. The van der Waals surface area contributed by atoms with Gasteiger partial charge in [-0.25, -0.2) is 0 Å². The molecule has 0 atom stereocenters. The molecule has 13 heavy (non-hydrogen) atoms. The average molecular weight is 186 g/mol. The Bertz CT molecular complexity index is 156. The van der Waals surface area contributed by atoms with Crippen molar-refractivity contribution in [3.8, 4) is 0 Å². The van der Waals surface area contributed by atoms with Crippen LogP contribution in [0.4, 0.5) is 0 Å². The average Bonchev–Trinajstić information content (AvgIpc) is 2.17.